The SMILES string of the molecule is CNCC(=O)Nc1cc(Cl)ccc1C(=O)NC(C)C. The summed E-state index contributed by atoms with van der Waals surface area (Å²) in [6.07, 6.45) is 0. The van der Waals surface area contributed by atoms with E-state index >= 15 is 0 Å². The molecular weight excluding hydrogens is 266 g/mol. The third-order valence-corrected chi connectivity index (χ3v) is 2.49. The number of halogens is 1. The van der Waals surface area contributed by atoms with Crippen LogP contribution in [0.3, 0.4) is 0 Å². The number of carbonyl (C=O) groups excluding carboxylic acids is 2. The maximum absolute atomic E-state index is 12.0. The van der Waals surface area contributed by atoms with Crippen LogP contribution in [0.2, 0.25) is 5.02 Å². The van der Waals surface area contributed by atoms with Crippen LogP contribution in [0, 0.1) is 0 Å². The molecule has 0 unspecified atom stereocenters. The van der Waals surface area contributed by atoms with Gasteiger partial charge in [0.25, 0.3) is 5.91 Å². The van der Waals surface area contributed by atoms with Gasteiger partial charge in [0.2, 0.25) is 5.91 Å². The molecule has 0 saturated heterocycles. The lowest BCUT2D eigenvalue weighted by atomic mass is 10.1. The summed E-state index contributed by atoms with van der Waals surface area (Å²) < 4.78 is 0. The zero-order chi connectivity index (χ0) is 14.4. The number of anilines is 1. The first-order valence-electron chi connectivity index (χ1n) is 5.99. The highest BCUT2D eigenvalue weighted by Crippen LogP contribution is 2.21. The van der Waals surface area contributed by atoms with Crippen molar-refractivity contribution < 1.29 is 9.59 Å². The van der Waals surface area contributed by atoms with Gasteiger partial charge in [-0.2, -0.15) is 0 Å². The maximum Gasteiger partial charge on any atom is 0.253 e. The number of hydrogen-bond donors (Lipinski definition) is 3. The average molecular weight is 284 g/mol. The number of likely N-dealkylation sites (N-methyl/N-ethyl adjacent to an activating group) is 1. The number of nitrogens with one attached hydrogen (secondary N) is 3. The molecule has 6 heteroatoms. The van der Waals surface area contributed by atoms with Crippen molar-refractivity contribution in [2.24, 2.45) is 0 Å². The third-order valence-electron chi connectivity index (χ3n) is 2.26. The predicted octanol–water partition coefficient (Wildman–Crippen LogP) is 1.64. The minimum Gasteiger partial charge on any atom is -0.350 e. The lowest BCUT2D eigenvalue weighted by Crippen LogP contribution is -2.32. The molecule has 0 aliphatic rings. The molecule has 0 fully saturated rings. The van der Waals surface area contributed by atoms with Gasteiger partial charge in [0.15, 0.2) is 0 Å². The van der Waals surface area contributed by atoms with Crippen LogP contribution in [0.4, 0.5) is 5.69 Å². The number of rotatable bonds is 5. The van der Waals surface area contributed by atoms with Gasteiger partial charge in [-0.3, -0.25) is 9.59 Å². The van der Waals surface area contributed by atoms with Crippen LogP contribution < -0.4 is 16.0 Å². The molecule has 0 aliphatic heterocycles. The molecule has 5 nitrogen and oxygen atoms in total. The first-order chi connectivity index (χ1) is 8.93. The van der Waals surface area contributed by atoms with Crippen molar-refractivity contribution in [2.45, 2.75) is 19.9 Å². The van der Waals surface area contributed by atoms with Crippen molar-refractivity contribution in [1.82, 2.24) is 10.6 Å². The molecule has 104 valence electrons. The van der Waals surface area contributed by atoms with Gasteiger partial charge in [-0.1, -0.05) is 11.6 Å². The van der Waals surface area contributed by atoms with E-state index in [1.165, 1.54) is 0 Å². The molecule has 3 N–H and O–H groups in total. The standard InChI is InChI=1S/C13H18ClN3O2/c1-8(2)16-13(19)10-5-4-9(14)6-11(10)17-12(18)7-15-3/h4-6,8,15H,7H2,1-3H3,(H,16,19)(H,17,18). The van der Waals surface area contributed by atoms with Gasteiger partial charge in [0, 0.05) is 11.1 Å². The summed E-state index contributed by atoms with van der Waals surface area (Å²) >= 11 is 5.89. The molecule has 1 aromatic carbocycles. The van der Waals surface area contributed by atoms with Gasteiger partial charge in [-0.25, -0.2) is 0 Å². The van der Waals surface area contributed by atoms with E-state index in [4.69, 9.17) is 11.6 Å². The Bertz CT molecular complexity index is 475. The van der Waals surface area contributed by atoms with Crippen LogP contribution in [0.5, 0.6) is 0 Å². The zero-order valence-corrected chi connectivity index (χ0v) is 12.0. The molecule has 0 aromatic heterocycles. The van der Waals surface area contributed by atoms with Crippen molar-refractivity contribution in [3.05, 3.63) is 28.8 Å². The van der Waals surface area contributed by atoms with E-state index in [-0.39, 0.29) is 24.4 Å². The highest BCUT2D eigenvalue weighted by atomic mass is 35.5. The first-order valence-corrected chi connectivity index (χ1v) is 6.36. The van der Waals surface area contributed by atoms with Crippen molar-refractivity contribution in [1.29, 1.82) is 0 Å². The largest absolute Gasteiger partial charge is 0.350 e. The van der Waals surface area contributed by atoms with E-state index in [9.17, 15) is 9.59 Å². The van der Waals surface area contributed by atoms with Crippen LogP contribution in [0.15, 0.2) is 18.2 Å². The third kappa shape index (κ3) is 4.89. The fourth-order valence-corrected chi connectivity index (χ4v) is 1.68. The lowest BCUT2D eigenvalue weighted by Gasteiger charge is -2.13. The summed E-state index contributed by atoms with van der Waals surface area (Å²) in [4.78, 5) is 23.6. The Morgan fingerprint density at radius 2 is 2.00 bits per heavy atom. The predicted molar refractivity (Wildman–Crippen MR) is 76.6 cm³/mol. The van der Waals surface area contributed by atoms with Crippen LogP contribution >= 0.6 is 11.6 Å². The summed E-state index contributed by atoms with van der Waals surface area (Å²) in [6.45, 7) is 3.90. The summed E-state index contributed by atoms with van der Waals surface area (Å²) in [7, 11) is 1.67. The first kappa shape index (κ1) is 15.5. The molecule has 19 heavy (non-hydrogen) atoms. The van der Waals surface area contributed by atoms with Crippen LogP contribution in [0.1, 0.15) is 24.2 Å². The highest BCUT2D eigenvalue weighted by Gasteiger charge is 2.14. The normalized spacial score (nSPS) is 10.4. The molecule has 0 radical (unpaired) electrons. The van der Waals surface area contributed by atoms with Crippen LogP contribution in [-0.4, -0.2) is 31.4 Å². The second kappa shape index (κ2) is 7.11. The quantitative estimate of drug-likeness (QED) is 0.769. The molecule has 1 rings (SSSR count). The molecule has 0 heterocycles. The summed E-state index contributed by atoms with van der Waals surface area (Å²) in [5, 5.41) is 8.63. The average Bonchev–Trinajstić information content (AvgIpc) is 2.28. The maximum atomic E-state index is 12.0. The lowest BCUT2D eigenvalue weighted by molar-refractivity contribution is -0.115. The minimum atomic E-state index is -0.244. The van der Waals surface area contributed by atoms with E-state index < -0.39 is 0 Å². The van der Waals surface area contributed by atoms with Crippen LogP contribution in [-0.2, 0) is 4.79 Å². The number of hydrogen-bond acceptors (Lipinski definition) is 3. The van der Waals surface area contributed by atoms with E-state index in [0.717, 1.165) is 0 Å². The Hall–Kier alpha value is -1.59. The molecular formula is C13H18ClN3O2. The fourth-order valence-electron chi connectivity index (χ4n) is 1.51. The Kier molecular flexibility index (Phi) is 5.79. The number of amides is 2. The van der Waals surface area contributed by atoms with Gasteiger partial charge < -0.3 is 16.0 Å². The Balaban J connectivity index is 2.97. The molecule has 0 saturated carbocycles. The fraction of sp³-hybridized carbons (Fsp3) is 0.385. The van der Waals surface area contributed by atoms with Crippen molar-refractivity contribution >= 4 is 29.1 Å². The Morgan fingerprint density at radius 1 is 1.32 bits per heavy atom. The summed E-state index contributed by atoms with van der Waals surface area (Å²) in [6, 6.07) is 4.79. The molecule has 1 aromatic rings. The van der Waals surface area contributed by atoms with E-state index in [1.807, 2.05) is 13.8 Å². The topological polar surface area (TPSA) is 70.2 Å². The van der Waals surface area contributed by atoms with Gasteiger partial charge in [0.05, 0.1) is 17.8 Å². The van der Waals surface area contributed by atoms with Gasteiger partial charge in [0.1, 0.15) is 0 Å². The number of benzene rings is 1. The second-order valence-electron chi connectivity index (χ2n) is 4.40. The molecule has 0 aliphatic carbocycles. The highest BCUT2D eigenvalue weighted by molar-refractivity contribution is 6.31. The van der Waals surface area contributed by atoms with Crippen molar-refractivity contribution in [2.75, 3.05) is 18.9 Å². The second-order valence-corrected chi connectivity index (χ2v) is 4.83. The van der Waals surface area contributed by atoms with Crippen molar-refractivity contribution in [3.63, 3.8) is 0 Å². The van der Waals surface area contributed by atoms with Crippen LogP contribution in [0.25, 0.3) is 0 Å². The smallest absolute Gasteiger partial charge is 0.253 e. The molecule has 2 amide bonds. The summed E-state index contributed by atoms with van der Waals surface area (Å²) in [5.41, 5.74) is 0.799. The van der Waals surface area contributed by atoms with E-state index in [2.05, 4.69) is 16.0 Å². The van der Waals surface area contributed by atoms with Gasteiger partial charge >= 0.3 is 0 Å². The Labute approximate surface area is 117 Å². The van der Waals surface area contributed by atoms with E-state index in [0.29, 0.717) is 16.3 Å². The number of carbonyl (C=O) groups is 2. The monoisotopic (exact) mass is 283 g/mol. The Morgan fingerprint density at radius 3 is 2.58 bits per heavy atom. The minimum absolute atomic E-state index is 0.0176. The molecule has 0 spiro atoms. The van der Waals surface area contributed by atoms with Gasteiger partial charge in [-0.05, 0) is 39.1 Å². The van der Waals surface area contributed by atoms with E-state index in [1.54, 1.807) is 25.2 Å². The summed E-state index contributed by atoms with van der Waals surface area (Å²) in [5.74, 6) is -0.477. The zero-order valence-electron chi connectivity index (χ0n) is 11.2. The van der Waals surface area contributed by atoms with Crippen molar-refractivity contribution in [3.8, 4) is 0 Å². The molecule has 0 bridgehead atoms. The van der Waals surface area contributed by atoms with Gasteiger partial charge in [-0.15, -0.1) is 0 Å². The molecule has 0 atom stereocenters.